The second-order valence-corrected chi connectivity index (χ2v) is 7.41. The molecule has 0 unspecified atom stereocenters. The van der Waals surface area contributed by atoms with Crippen molar-refractivity contribution in [3.05, 3.63) is 57.1 Å². The number of hydrogen-bond acceptors (Lipinski definition) is 4. The fraction of sp³-hybridized carbons (Fsp3) is 0.278. The quantitative estimate of drug-likeness (QED) is 0.569. The van der Waals surface area contributed by atoms with Gasteiger partial charge < -0.3 is 13.9 Å². The zero-order chi connectivity index (χ0) is 19.7. The highest BCUT2D eigenvalue weighted by Crippen LogP contribution is 2.28. The van der Waals surface area contributed by atoms with Crippen LogP contribution in [0, 0.1) is 0 Å². The van der Waals surface area contributed by atoms with E-state index in [4.69, 9.17) is 39.2 Å². The molecule has 0 saturated heterocycles. The molecule has 3 aromatic rings. The molecular weight excluding hydrogens is 411 g/mol. The maximum Gasteiger partial charge on any atom is 0.271 e. The van der Waals surface area contributed by atoms with E-state index >= 15 is 0 Å². The Hall–Kier alpha value is -2.02. The summed E-state index contributed by atoms with van der Waals surface area (Å²) in [6.45, 7) is 3.94. The average Bonchev–Trinajstić information content (AvgIpc) is 3.19. The van der Waals surface area contributed by atoms with Crippen molar-refractivity contribution in [1.29, 1.82) is 0 Å². The first kappa shape index (κ1) is 19.7. The summed E-state index contributed by atoms with van der Waals surface area (Å²) in [6.07, 6.45) is 0. The molecule has 27 heavy (non-hydrogen) atoms. The van der Waals surface area contributed by atoms with Crippen molar-refractivity contribution in [3.63, 3.8) is 0 Å². The molecule has 142 valence electrons. The summed E-state index contributed by atoms with van der Waals surface area (Å²) >= 11 is 18.3. The lowest BCUT2D eigenvalue weighted by Gasteiger charge is -2.25. The first-order valence-corrected chi connectivity index (χ1v) is 9.32. The predicted molar refractivity (Wildman–Crippen MR) is 105 cm³/mol. The maximum atomic E-state index is 13.0. The Bertz CT molecular complexity index is 981. The highest BCUT2D eigenvalue weighted by Gasteiger charge is 2.25. The van der Waals surface area contributed by atoms with Gasteiger partial charge in [0.1, 0.15) is 10.8 Å². The van der Waals surface area contributed by atoms with Crippen molar-refractivity contribution in [2.75, 3.05) is 0 Å². The van der Waals surface area contributed by atoms with E-state index in [9.17, 15) is 4.79 Å². The van der Waals surface area contributed by atoms with Gasteiger partial charge in [-0.1, -0.05) is 46.9 Å². The Morgan fingerprint density at radius 3 is 2.48 bits per heavy atom. The SMILES string of the molecule is CC(C)N(Cc1nnc(-c2ccccc2Cl)o1)C(=O)c1cc(Cl)c(Cl)n1C. The first-order valence-electron chi connectivity index (χ1n) is 8.18. The topological polar surface area (TPSA) is 64.2 Å². The van der Waals surface area contributed by atoms with Crippen LogP contribution in [0.5, 0.6) is 0 Å². The van der Waals surface area contributed by atoms with Crippen molar-refractivity contribution in [2.45, 2.75) is 26.4 Å². The zero-order valence-corrected chi connectivity index (χ0v) is 17.2. The summed E-state index contributed by atoms with van der Waals surface area (Å²) in [6, 6.07) is 8.62. The van der Waals surface area contributed by atoms with E-state index in [-0.39, 0.29) is 18.5 Å². The van der Waals surface area contributed by atoms with Crippen LogP contribution in [0.25, 0.3) is 11.5 Å². The summed E-state index contributed by atoms with van der Waals surface area (Å²) in [7, 11) is 1.68. The van der Waals surface area contributed by atoms with E-state index in [1.807, 2.05) is 26.0 Å². The van der Waals surface area contributed by atoms with Crippen LogP contribution >= 0.6 is 34.8 Å². The zero-order valence-electron chi connectivity index (χ0n) is 14.9. The number of amides is 1. The second-order valence-electron chi connectivity index (χ2n) is 6.23. The van der Waals surface area contributed by atoms with E-state index in [1.165, 1.54) is 0 Å². The van der Waals surface area contributed by atoms with Gasteiger partial charge >= 0.3 is 0 Å². The molecule has 6 nitrogen and oxygen atoms in total. The van der Waals surface area contributed by atoms with Crippen molar-refractivity contribution < 1.29 is 9.21 Å². The van der Waals surface area contributed by atoms with Crippen molar-refractivity contribution in [3.8, 4) is 11.5 Å². The number of halogens is 3. The highest BCUT2D eigenvalue weighted by atomic mass is 35.5. The number of nitrogens with zero attached hydrogens (tertiary/aromatic N) is 4. The minimum Gasteiger partial charge on any atom is -0.419 e. The summed E-state index contributed by atoms with van der Waals surface area (Å²) in [5.74, 6) is 0.369. The number of hydrogen-bond donors (Lipinski definition) is 0. The van der Waals surface area contributed by atoms with Gasteiger partial charge in [0.25, 0.3) is 5.91 Å². The summed E-state index contributed by atoms with van der Waals surface area (Å²) in [4.78, 5) is 14.6. The Balaban J connectivity index is 1.86. The minimum atomic E-state index is -0.237. The third-order valence-corrected chi connectivity index (χ3v) is 5.27. The number of carbonyl (C=O) groups excluding carboxylic acids is 1. The van der Waals surface area contributed by atoms with Crippen molar-refractivity contribution >= 4 is 40.7 Å². The van der Waals surface area contributed by atoms with Gasteiger partial charge in [0, 0.05) is 13.1 Å². The minimum absolute atomic E-state index is 0.111. The van der Waals surface area contributed by atoms with Crippen molar-refractivity contribution in [2.24, 2.45) is 7.05 Å². The van der Waals surface area contributed by atoms with Gasteiger partial charge in [-0.05, 0) is 32.0 Å². The van der Waals surface area contributed by atoms with Gasteiger partial charge in [-0.3, -0.25) is 4.79 Å². The van der Waals surface area contributed by atoms with Crippen LogP contribution in [-0.2, 0) is 13.6 Å². The molecule has 1 amide bonds. The monoisotopic (exact) mass is 426 g/mol. The molecule has 3 rings (SSSR count). The normalized spacial score (nSPS) is 11.2. The number of rotatable bonds is 5. The average molecular weight is 428 g/mol. The van der Waals surface area contributed by atoms with Gasteiger partial charge in [-0.25, -0.2) is 0 Å². The van der Waals surface area contributed by atoms with Crippen LogP contribution in [0.1, 0.15) is 30.2 Å². The van der Waals surface area contributed by atoms with E-state index in [2.05, 4.69) is 10.2 Å². The molecule has 2 heterocycles. The van der Waals surface area contributed by atoms with Gasteiger partial charge in [-0.2, -0.15) is 0 Å². The van der Waals surface area contributed by atoms with Crippen LogP contribution < -0.4 is 0 Å². The number of carbonyl (C=O) groups is 1. The largest absolute Gasteiger partial charge is 0.419 e. The third kappa shape index (κ3) is 3.98. The maximum absolute atomic E-state index is 13.0. The molecule has 0 saturated carbocycles. The van der Waals surface area contributed by atoms with E-state index in [0.29, 0.717) is 38.2 Å². The predicted octanol–water partition coefficient (Wildman–Crippen LogP) is 5.09. The third-order valence-electron chi connectivity index (χ3n) is 4.10. The molecule has 2 aromatic heterocycles. The van der Waals surface area contributed by atoms with Crippen molar-refractivity contribution in [1.82, 2.24) is 19.7 Å². The molecule has 1 aromatic carbocycles. The van der Waals surface area contributed by atoms with Crippen LogP contribution in [0.2, 0.25) is 15.2 Å². The standard InChI is InChI=1S/C18H17Cl3N4O2/c1-10(2)25(18(26)14-8-13(20)16(21)24(14)3)9-15-22-23-17(27-15)11-6-4-5-7-12(11)19/h4-8,10H,9H2,1-3H3. The van der Waals surface area contributed by atoms with Crippen LogP contribution in [-0.4, -0.2) is 31.6 Å². The molecule has 9 heteroatoms. The lowest BCUT2D eigenvalue weighted by molar-refractivity contribution is 0.0662. The van der Waals surface area contributed by atoms with Crippen LogP contribution in [0.3, 0.4) is 0 Å². The molecule has 0 spiro atoms. The van der Waals surface area contributed by atoms with Crippen LogP contribution in [0.4, 0.5) is 0 Å². The van der Waals surface area contributed by atoms with Gasteiger partial charge in [0.05, 0.1) is 22.2 Å². The lowest BCUT2D eigenvalue weighted by Crippen LogP contribution is -2.37. The molecule has 0 fully saturated rings. The van der Waals surface area contributed by atoms with E-state index in [0.717, 1.165) is 0 Å². The fourth-order valence-corrected chi connectivity index (χ4v) is 3.18. The summed E-state index contributed by atoms with van der Waals surface area (Å²) in [5.41, 5.74) is 1.02. The smallest absolute Gasteiger partial charge is 0.271 e. The number of benzene rings is 1. The van der Waals surface area contributed by atoms with E-state index in [1.54, 1.807) is 34.7 Å². The Labute approximate surface area is 171 Å². The second kappa shape index (κ2) is 7.92. The molecule has 0 radical (unpaired) electrons. The molecular formula is C18H17Cl3N4O2. The number of aromatic nitrogens is 3. The molecule has 0 N–H and O–H groups in total. The van der Waals surface area contributed by atoms with Gasteiger partial charge in [-0.15, -0.1) is 10.2 Å². The summed E-state index contributed by atoms with van der Waals surface area (Å²) < 4.78 is 7.26. The lowest BCUT2D eigenvalue weighted by atomic mass is 10.2. The van der Waals surface area contributed by atoms with E-state index < -0.39 is 0 Å². The van der Waals surface area contributed by atoms with Crippen LogP contribution in [0.15, 0.2) is 34.7 Å². The van der Waals surface area contributed by atoms with Gasteiger partial charge in [0.2, 0.25) is 11.8 Å². The molecule has 0 bridgehead atoms. The molecule has 0 aliphatic carbocycles. The summed E-state index contributed by atoms with van der Waals surface area (Å²) in [5, 5.41) is 9.23. The molecule has 0 aliphatic rings. The first-order chi connectivity index (χ1) is 12.8. The Morgan fingerprint density at radius 1 is 1.19 bits per heavy atom. The molecule has 0 atom stereocenters. The Kier molecular flexibility index (Phi) is 5.79. The van der Waals surface area contributed by atoms with Gasteiger partial charge in [0.15, 0.2) is 0 Å². The fourth-order valence-electron chi connectivity index (χ4n) is 2.59. The Morgan fingerprint density at radius 2 is 1.89 bits per heavy atom. The highest BCUT2D eigenvalue weighted by molar-refractivity contribution is 6.41. The molecule has 0 aliphatic heterocycles.